The van der Waals surface area contributed by atoms with Crippen LogP contribution in [0.4, 0.5) is 0 Å². The van der Waals surface area contributed by atoms with Gasteiger partial charge in [0, 0.05) is 5.75 Å². The van der Waals surface area contributed by atoms with Gasteiger partial charge in [0.2, 0.25) is 0 Å². The van der Waals surface area contributed by atoms with Crippen LogP contribution in [0.15, 0.2) is 0 Å². The number of ketones is 2. The van der Waals surface area contributed by atoms with Crippen molar-refractivity contribution < 1.29 is 14.7 Å². The van der Waals surface area contributed by atoms with Crippen LogP contribution >= 0.6 is 12.6 Å². The first-order valence-electron chi connectivity index (χ1n) is 2.45. The highest BCUT2D eigenvalue weighted by atomic mass is 32.1. The molecule has 0 amide bonds. The van der Waals surface area contributed by atoms with Crippen LogP contribution in [0.25, 0.3) is 0 Å². The molecule has 0 aliphatic rings. The Morgan fingerprint density at radius 2 is 1.89 bits per heavy atom. The Labute approximate surface area is 58.5 Å². The first kappa shape index (κ1) is 8.65. The number of rotatable bonds is 4. The predicted octanol–water partition coefficient (Wildman–Crippen LogP) is -0.563. The third-order valence-corrected chi connectivity index (χ3v) is 1.10. The van der Waals surface area contributed by atoms with Crippen LogP contribution in [0.1, 0.15) is 6.42 Å². The number of hydrogen-bond acceptors (Lipinski definition) is 4. The largest absolute Gasteiger partial charge is 0.389 e. The second kappa shape index (κ2) is 4.52. The number of carbonyl (C=O) groups is 2. The average Bonchev–Trinajstić information content (AvgIpc) is 1.87. The van der Waals surface area contributed by atoms with Crippen LogP contribution in [0, 0.1) is 0 Å². The van der Waals surface area contributed by atoms with Gasteiger partial charge in [0.25, 0.3) is 0 Å². The summed E-state index contributed by atoms with van der Waals surface area (Å²) in [4.78, 5) is 20.6. The van der Waals surface area contributed by atoms with Gasteiger partial charge in [-0.1, -0.05) is 0 Å². The molecular formula is C5H8O3S. The molecule has 0 aliphatic carbocycles. The second-order valence-corrected chi connectivity index (χ2v) is 1.89. The fourth-order valence-corrected chi connectivity index (χ4v) is 0.444. The summed E-state index contributed by atoms with van der Waals surface area (Å²) in [5, 5.41) is 8.15. The Morgan fingerprint density at radius 1 is 1.33 bits per heavy atom. The highest BCUT2D eigenvalue weighted by Gasteiger charge is 2.04. The zero-order chi connectivity index (χ0) is 7.28. The normalized spacial score (nSPS) is 9.11. The number of Topliss-reactive ketones (excluding diaryl/α,β-unsaturated/α-hetero) is 2. The minimum Gasteiger partial charge on any atom is -0.389 e. The fraction of sp³-hybridized carbons (Fsp3) is 0.600. The minimum absolute atomic E-state index is 0.0613. The van der Waals surface area contributed by atoms with Crippen LogP contribution < -0.4 is 0 Å². The van der Waals surface area contributed by atoms with Gasteiger partial charge >= 0.3 is 0 Å². The summed E-state index contributed by atoms with van der Waals surface area (Å²) >= 11 is 3.65. The van der Waals surface area contributed by atoms with Gasteiger partial charge in [-0.15, -0.1) is 0 Å². The zero-order valence-electron chi connectivity index (χ0n) is 4.83. The highest BCUT2D eigenvalue weighted by Crippen LogP contribution is 1.86. The van der Waals surface area contributed by atoms with Gasteiger partial charge in [0.05, 0.1) is 6.42 Å². The summed E-state index contributed by atoms with van der Waals surface area (Å²) in [6, 6.07) is 0. The van der Waals surface area contributed by atoms with Crippen LogP contribution in [-0.2, 0) is 9.59 Å². The van der Waals surface area contributed by atoms with Crippen molar-refractivity contribution in [3.05, 3.63) is 0 Å². The molecule has 0 spiro atoms. The number of aliphatic hydroxyl groups is 1. The van der Waals surface area contributed by atoms with Crippen molar-refractivity contribution >= 4 is 24.2 Å². The Morgan fingerprint density at radius 3 is 2.22 bits per heavy atom. The molecule has 3 nitrogen and oxygen atoms in total. The molecule has 0 aromatic heterocycles. The Bertz CT molecular complexity index is 107. The number of thiol groups is 1. The molecule has 0 saturated heterocycles. The van der Waals surface area contributed by atoms with E-state index in [1.807, 2.05) is 0 Å². The van der Waals surface area contributed by atoms with Crippen molar-refractivity contribution in [2.45, 2.75) is 6.42 Å². The Balaban J connectivity index is 3.47. The van der Waals surface area contributed by atoms with Crippen LogP contribution in [0.5, 0.6) is 0 Å². The lowest BCUT2D eigenvalue weighted by molar-refractivity contribution is -0.127. The molecule has 0 rings (SSSR count). The van der Waals surface area contributed by atoms with E-state index < -0.39 is 12.4 Å². The van der Waals surface area contributed by atoms with Crippen molar-refractivity contribution in [1.82, 2.24) is 0 Å². The maximum Gasteiger partial charge on any atom is 0.165 e. The first-order chi connectivity index (χ1) is 4.20. The van der Waals surface area contributed by atoms with E-state index in [0.717, 1.165) is 0 Å². The minimum atomic E-state index is -0.556. The standard InChI is InChI=1S/C5H8O3S/c6-2-4(7)1-5(8)3-9/h6,9H,1-3H2. The monoisotopic (exact) mass is 148 g/mol. The van der Waals surface area contributed by atoms with Crippen LogP contribution in [0.3, 0.4) is 0 Å². The zero-order valence-corrected chi connectivity index (χ0v) is 5.73. The SMILES string of the molecule is O=C(CO)CC(=O)CS. The number of hydrogen-bond donors (Lipinski definition) is 2. The van der Waals surface area contributed by atoms with Gasteiger partial charge in [-0.2, -0.15) is 12.6 Å². The molecule has 0 aliphatic heterocycles. The third-order valence-electron chi connectivity index (χ3n) is 0.747. The highest BCUT2D eigenvalue weighted by molar-refractivity contribution is 7.81. The summed E-state index contributed by atoms with van der Waals surface area (Å²) in [6.45, 7) is -0.556. The summed E-state index contributed by atoms with van der Waals surface area (Å²) in [5.41, 5.74) is 0. The molecule has 0 aromatic rings. The Kier molecular flexibility index (Phi) is 4.35. The summed E-state index contributed by atoms with van der Waals surface area (Å²) in [5.74, 6) is -0.641. The van der Waals surface area contributed by atoms with E-state index in [1.54, 1.807) is 0 Å². The third kappa shape index (κ3) is 4.17. The second-order valence-electron chi connectivity index (χ2n) is 1.57. The average molecular weight is 148 g/mol. The van der Waals surface area contributed by atoms with Crippen molar-refractivity contribution in [3.63, 3.8) is 0 Å². The quantitative estimate of drug-likeness (QED) is 0.415. The lowest BCUT2D eigenvalue weighted by Crippen LogP contribution is -2.11. The molecule has 0 atom stereocenters. The molecule has 52 valence electrons. The van der Waals surface area contributed by atoms with E-state index in [0.29, 0.717) is 0 Å². The van der Waals surface area contributed by atoms with Crippen molar-refractivity contribution in [3.8, 4) is 0 Å². The van der Waals surface area contributed by atoms with Gasteiger partial charge in [-0.05, 0) is 0 Å². The first-order valence-corrected chi connectivity index (χ1v) is 3.09. The molecule has 0 aromatic carbocycles. The molecule has 0 fully saturated rings. The molecular weight excluding hydrogens is 140 g/mol. The van der Waals surface area contributed by atoms with E-state index in [1.165, 1.54) is 0 Å². The molecule has 0 unspecified atom stereocenters. The van der Waals surface area contributed by atoms with Crippen molar-refractivity contribution in [2.24, 2.45) is 0 Å². The van der Waals surface area contributed by atoms with E-state index in [9.17, 15) is 9.59 Å². The number of aliphatic hydroxyl groups excluding tert-OH is 1. The van der Waals surface area contributed by atoms with Crippen LogP contribution in [-0.4, -0.2) is 29.0 Å². The summed E-state index contributed by atoms with van der Waals surface area (Å²) < 4.78 is 0. The molecule has 1 N–H and O–H groups in total. The molecule has 0 radical (unpaired) electrons. The van der Waals surface area contributed by atoms with Crippen LogP contribution in [0.2, 0.25) is 0 Å². The van der Waals surface area contributed by atoms with Gasteiger partial charge in [0.1, 0.15) is 12.4 Å². The van der Waals surface area contributed by atoms with Crippen molar-refractivity contribution in [1.29, 1.82) is 0 Å². The van der Waals surface area contributed by atoms with E-state index >= 15 is 0 Å². The lowest BCUT2D eigenvalue weighted by Gasteiger charge is -1.90. The maximum absolute atomic E-state index is 10.4. The molecule has 0 bridgehead atoms. The maximum atomic E-state index is 10.4. The molecule has 9 heavy (non-hydrogen) atoms. The van der Waals surface area contributed by atoms with Gasteiger partial charge in [-0.25, -0.2) is 0 Å². The van der Waals surface area contributed by atoms with E-state index in [-0.39, 0.29) is 18.0 Å². The molecule has 4 heteroatoms. The van der Waals surface area contributed by atoms with E-state index in [4.69, 9.17) is 5.11 Å². The fourth-order valence-electron chi connectivity index (χ4n) is 0.332. The van der Waals surface area contributed by atoms with Gasteiger partial charge < -0.3 is 5.11 Å². The van der Waals surface area contributed by atoms with Gasteiger partial charge in [0.15, 0.2) is 5.78 Å². The Hall–Kier alpha value is -0.350. The predicted molar refractivity (Wildman–Crippen MR) is 35.6 cm³/mol. The molecule has 0 heterocycles. The summed E-state index contributed by atoms with van der Waals surface area (Å²) in [7, 11) is 0. The van der Waals surface area contributed by atoms with Crippen molar-refractivity contribution in [2.75, 3.05) is 12.4 Å². The topological polar surface area (TPSA) is 54.4 Å². The van der Waals surface area contributed by atoms with E-state index in [2.05, 4.69) is 12.6 Å². The summed E-state index contributed by atoms with van der Waals surface area (Å²) in [6.07, 6.45) is -0.194. The molecule has 0 saturated carbocycles. The number of carbonyl (C=O) groups excluding carboxylic acids is 2. The lowest BCUT2D eigenvalue weighted by atomic mass is 10.2. The smallest absolute Gasteiger partial charge is 0.165 e. The van der Waals surface area contributed by atoms with Gasteiger partial charge in [-0.3, -0.25) is 9.59 Å².